The van der Waals surface area contributed by atoms with E-state index in [9.17, 15) is 68.4 Å². The highest BCUT2D eigenvalue weighted by Crippen LogP contribution is 2.10. The fourth-order valence-corrected chi connectivity index (χ4v) is 6.21. The summed E-state index contributed by atoms with van der Waals surface area (Å²) in [6.45, 7) is 7.49. The molecule has 0 aliphatic heterocycles. The molecule has 0 radical (unpaired) electrons. The van der Waals surface area contributed by atoms with Gasteiger partial charge in [0.05, 0.1) is 18.9 Å². The SMILES string of the molecule is CCCC(=O)N[C@@H](Cc1ccccc1)C(=O)N[C@H](C(=O)N[C@@H](CC(C)C)C(=O)N[C@@H](CC(=O)O)C(=O)N[C@@H](C)C(=O)N[C@@H](CC(=O)O)C(=O)N[C@@H](Cc1ccccc1)C(=O)O)[C@H](C)O. The Morgan fingerprint density at radius 1 is 0.500 bits per heavy atom. The van der Waals surface area contributed by atoms with Gasteiger partial charge in [-0.15, -0.1) is 0 Å². The van der Waals surface area contributed by atoms with Gasteiger partial charge in [0.25, 0.3) is 0 Å². The van der Waals surface area contributed by atoms with Crippen molar-refractivity contribution in [2.75, 3.05) is 0 Å². The van der Waals surface area contributed by atoms with E-state index in [0.29, 0.717) is 17.5 Å². The molecule has 2 aromatic carbocycles. The molecule has 0 aliphatic carbocycles. The summed E-state index contributed by atoms with van der Waals surface area (Å²) < 4.78 is 0. The van der Waals surface area contributed by atoms with E-state index in [0.717, 1.165) is 6.92 Å². The van der Waals surface area contributed by atoms with Crippen LogP contribution in [0.25, 0.3) is 0 Å². The number of hydrogen-bond donors (Lipinski definition) is 11. The number of benzene rings is 2. The first-order valence-electron chi connectivity index (χ1n) is 20.7. The lowest BCUT2D eigenvalue weighted by atomic mass is 10.0. The molecule has 0 saturated heterocycles. The number of aliphatic hydroxyl groups is 1. The zero-order chi connectivity index (χ0) is 48.1. The smallest absolute Gasteiger partial charge is 0.326 e. The molecule has 0 heterocycles. The van der Waals surface area contributed by atoms with E-state index < -0.39 is 120 Å². The number of rotatable bonds is 27. The monoisotopic (exact) mass is 897 g/mol. The van der Waals surface area contributed by atoms with Gasteiger partial charge >= 0.3 is 17.9 Å². The Labute approximate surface area is 369 Å². The van der Waals surface area contributed by atoms with Crippen LogP contribution in [0.3, 0.4) is 0 Å². The van der Waals surface area contributed by atoms with Crippen LogP contribution in [-0.2, 0) is 60.8 Å². The number of carboxylic acid groups (broad SMARTS) is 3. The highest BCUT2D eigenvalue weighted by molar-refractivity contribution is 5.98. The topological polar surface area (TPSA) is 336 Å². The third-order valence-electron chi connectivity index (χ3n) is 9.49. The summed E-state index contributed by atoms with van der Waals surface area (Å²) in [7, 11) is 0. The van der Waals surface area contributed by atoms with Crippen LogP contribution in [-0.4, -0.2) is 128 Å². The van der Waals surface area contributed by atoms with Crippen molar-refractivity contribution in [3.05, 3.63) is 71.8 Å². The van der Waals surface area contributed by atoms with E-state index in [1.807, 2.05) is 0 Å². The maximum absolute atomic E-state index is 13.7. The molecule has 21 heteroatoms. The predicted molar refractivity (Wildman–Crippen MR) is 228 cm³/mol. The third-order valence-corrected chi connectivity index (χ3v) is 9.49. The summed E-state index contributed by atoms with van der Waals surface area (Å²) in [5.74, 6) is -11.6. The molecular formula is C43H59N7O14. The average molecular weight is 898 g/mol. The molecule has 64 heavy (non-hydrogen) atoms. The molecule has 0 aliphatic rings. The minimum atomic E-state index is -1.86. The molecule has 350 valence electrons. The quantitative estimate of drug-likeness (QED) is 0.0521. The fraction of sp³-hybridized carbons (Fsp3) is 0.488. The number of amides is 7. The van der Waals surface area contributed by atoms with E-state index >= 15 is 0 Å². The highest BCUT2D eigenvalue weighted by Gasteiger charge is 2.36. The molecule has 0 saturated carbocycles. The molecule has 0 spiro atoms. The molecule has 0 bridgehead atoms. The molecule has 11 N–H and O–H groups in total. The molecule has 2 aromatic rings. The molecule has 0 fully saturated rings. The van der Waals surface area contributed by atoms with Crippen LogP contribution < -0.4 is 37.2 Å². The molecule has 21 nitrogen and oxygen atoms in total. The van der Waals surface area contributed by atoms with Crippen molar-refractivity contribution in [3.8, 4) is 0 Å². The van der Waals surface area contributed by atoms with Crippen LogP contribution in [0, 0.1) is 5.92 Å². The van der Waals surface area contributed by atoms with Crippen LogP contribution in [0.1, 0.15) is 77.8 Å². The lowest BCUT2D eigenvalue weighted by Gasteiger charge is -2.28. The van der Waals surface area contributed by atoms with Crippen LogP contribution in [0.5, 0.6) is 0 Å². The first-order valence-corrected chi connectivity index (χ1v) is 20.7. The van der Waals surface area contributed by atoms with Crippen molar-refractivity contribution in [3.63, 3.8) is 0 Å². The average Bonchev–Trinajstić information content (AvgIpc) is 3.21. The zero-order valence-electron chi connectivity index (χ0n) is 36.3. The van der Waals surface area contributed by atoms with E-state index in [-0.39, 0.29) is 31.6 Å². The number of carbonyl (C=O) groups excluding carboxylic acids is 7. The summed E-state index contributed by atoms with van der Waals surface area (Å²) in [4.78, 5) is 128. The van der Waals surface area contributed by atoms with Crippen molar-refractivity contribution in [2.24, 2.45) is 5.92 Å². The number of aliphatic carboxylic acids is 3. The van der Waals surface area contributed by atoms with Gasteiger partial charge in [0.1, 0.15) is 42.3 Å². The van der Waals surface area contributed by atoms with Gasteiger partial charge in [0.2, 0.25) is 41.4 Å². The van der Waals surface area contributed by atoms with Gasteiger partial charge in [-0.1, -0.05) is 81.4 Å². The normalized spacial score (nSPS) is 14.7. The standard InChI is InChI=1S/C43H59N7O14/c1-6-13-33(52)45-29(19-26-14-9-7-10-15-26)41(61)50-36(25(5)51)42(62)48-28(18-23(2)3)39(59)47-30(21-34(53)54)38(58)44-24(4)37(57)46-31(22-35(55)56)40(60)49-32(43(63)64)20-27-16-11-8-12-17-27/h7-12,14-17,23-25,28-32,36,51H,6,13,18-22H2,1-5H3,(H,44,58)(H,45,52)(H,46,57)(H,47,59)(H,48,62)(H,49,60)(H,50,61)(H,53,54)(H,55,56)(H,63,64)/t24-,25-,28-,29-,30-,31-,32-,36-/m0/s1. The van der Waals surface area contributed by atoms with E-state index in [2.05, 4.69) is 37.2 Å². The molecule has 2 rings (SSSR count). The summed E-state index contributed by atoms with van der Waals surface area (Å²) in [6, 6.07) is 5.89. The summed E-state index contributed by atoms with van der Waals surface area (Å²) >= 11 is 0. The largest absolute Gasteiger partial charge is 0.481 e. The highest BCUT2D eigenvalue weighted by atomic mass is 16.4. The summed E-state index contributed by atoms with van der Waals surface area (Å²) in [6.07, 6.45) is -3.12. The van der Waals surface area contributed by atoms with E-state index in [1.165, 1.54) is 6.92 Å². The van der Waals surface area contributed by atoms with Crippen molar-refractivity contribution >= 4 is 59.3 Å². The number of nitrogens with one attached hydrogen (secondary N) is 7. The maximum Gasteiger partial charge on any atom is 0.326 e. The number of carbonyl (C=O) groups is 10. The van der Waals surface area contributed by atoms with E-state index in [1.54, 1.807) is 81.4 Å². The van der Waals surface area contributed by atoms with Crippen LogP contribution >= 0.6 is 0 Å². The van der Waals surface area contributed by atoms with Crippen molar-refractivity contribution in [2.45, 2.75) is 128 Å². The minimum absolute atomic E-state index is 0.0443. The van der Waals surface area contributed by atoms with Gasteiger partial charge in [-0.2, -0.15) is 0 Å². The second-order valence-corrected chi connectivity index (χ2v) is 15.6. The predicted octanol–water partition coefficient (Wildman–Crippen LogP) is -0.854. The van der Waals surface area contributed by atoms with Gasteiger partial charge in [-0.3, -0.25) is 43.2 Å². The molecule has 0 aromatic heterocycles. The van der Waals surface area contributed by atoms with Crippen LogP contribution in [0.4, 0.5) is 0 Å². The Bertz CT molecular complexity index is 1950. The van der Waals surface area contributed by atoms with Crippen LogP contribution in [0.15, 0.2) is 60.7 Å². The van der Waals surface area contributed by atoms with Gasteiger partial charge < -0.3 is 57.6 Å². The van der Waals surface area contributed by atoms with Gasteiger partial charge in [-0.25, -0.2) is 4.79 Å². The maximum atomic E-state index is 13.7. The first-order chi connectivity index (χ1) is 30.1. The number of aliphatic hydroxyl groups excluding tert-OH is 1. The second kappa shape index (κ2) is 26.5. The Kier molecular flexibility index (Phi) is 22.1. The Morgan fingerprint density at radius 3 is 1.38 bits per heavy atom. The summed E-state index contributed by atoms with van der Waals surface area (Å²) in [5, 5.41) is 55.7. The van der Waals surface area contributed by atoms with Gasteiger partial charge in [-0.05, 0) is 43.7 Å². The fourth-order valence-electron chi connectivity index (χ4n) is 6.21. The van der Waals surface area contributed by atoms with Crippen molar-refractivity contribution in [1.82, 2.24) is 37.2 Å². The number of hydrogen-bond acceptors (Lipinski definition) is 11. The van der Waals surface area contributed by atoms with Crippen molar-refractivity contribution < 1.29 is 68.4 Å². The molecule has 7 amide bonds. The first kappa shape index (κ1) is 53.2. The Hall–Kier alpha value is -6.90. The second-order valence-electron chi connectivity index (χ2n) is 15.6. The van der Waals surface area contributed by atoms with Gasteiger partial charge in [0.15, 0.2) is 0 Å². The summed E-state index contributed by atoms with van der Waals surface area (Å²) in [5.41, 5.74) is 1.23. The Balaban J connectivity index is 2.23. The van der Waals surface area contributed by atoms with Crippen LogP contribution in [0.2, 0.25) is 0 Å². The van der Waals surface area contributed by atoms with E-state index in [4.69, 9.17) is 0 Å². The van der Waals surface area contributed by atoms with Crippen molar-refractivity contribution in [1.29, 1.82) is 0 Å². The lowest BCUT2D eigenvalue weighted by Crippen LogP contribution is -2.61. The third kappa shape index (κ3) is 19.0. The Morgan fingerprint density at radius 2 is 0.922 bits per heavy atom. The molecule has 0 unspecified atom stereocenters. The minimum Gasteiger partial charge on any atom is -0.481 e. The molecule has 8 atom stereocenters. The zero-order valence-corrected chi connectivity index (χ0v) is 36.3. The molecular weight excluding hydrogens is 839 g/mol. The lowest BCUT2D eigenvalue weighted by molar-refractivity contribution is -0.143. The van der Waals surface area contributed by atoms with Gasteiger partial charge in [0, 0.05) is 19.3 Å². The number of carboxylic acids is 3.